The summed E-state index contributed by atoms with van der Waals surface area (Å²) in [6.45, 7) is 0.304. The van der Waals surface area contributed by atoms with Crippen LogP contribution in [0.1, 0.15) is 38.5 Å². The number of hydrogen-bond donors (Lipinski definition) is 2. The summed E-state index contributed by atoms with van der Waals surface area (Å²) in [6, 6.07) is 0. The third kappa shape index (κ3) is 2.76. The Kier molecular flexibility index (Phi) is 3.97. The van der Waals surface area contributed by atoms with E-state index >= 15 is 0 Å². The number of amides is 1. The van der Waals surface area contributed by atoms with Gasteiger partial charge in [0.2, 0.25) is 5.91 Å². The average Bonchev–Trinajstić information content (AvgIpc) is 2.28. The molecule has 0 aromatic rings. The Bertz CT molecular complexity index is 309. The molecule has 5 heteroatoms. The van der Waals surface area contributed by atoms with Gasteiger partial charge in [-0.1, -0.05) is 12.8 Å². The Morgan fingerprint density at radius 3 is 2.53 bits per heavy atom. The smallest absolute Gasteiger partial charge is 0.311 e. The Morgan fingerprint density at radius 1 is 1.29 bits per heavy atom. The van der Waals surface area contributed by atoms with Crippen LogP contribution < -0.4 is 5.32 Å². The number of hydrogen-bond acceptors (Lipinski definition) is 3. The van der Waals surface area contributed by atoms with Crippen LogP contribution in [0, 0.1) is 5.41 Å². The van der Waals surface area contributed by atoms with Gasteiger partial charge in [0.1, 0.15) is 0 Å². The molecule has 0 spiro atoms. The fourth-order valence-electron chi connectivity index (χ4n) is 2.39. The molecule has 2 fully saturated rings. The Balaban J connectivity index is 1.80. The molecule has 2 aliphatic rings. The van der Waals surface area contributed by atoms with Gasteiger partial charge < -0.3 is 10.4 Å². The largest absolute Gasteiger partial charge is 0.481 e. The fourth-order valence-corrected chi connectivity index (χ4v) is 3.61. The molecule has 0 aromatic carbocycles. The Morgan fingerprint density at radius 2 is 2.06 bits per heavy atom. The molecule has 17 heavy (non-hydrogen) atoms. The second kappa shape index (κ2) is 5.29. The van der Waals surface area contributed by atoms with Gasteiger partial charge >= 0.3 is 5.97 Å². The molecule has 0 radical (unpaired) electrons. The fraction of sp³-hybridized carbons (Fsp3) is 0.833. The highest BCUT2D eigenvalue weighted by Gasteiger charge is 2.44. The molecule has 2 rings (SSSR count). The van der Waals surface area contributed by atoms with Gasteiger partial charge in [0, 0.05) is 6.54 Å². The number of carbonyl (C=O) groups is 2. The topological polar surface area (TPSA) is 66.4 Å². The van der Waals surface area contributed by atoms with Gasteiger partial charge in [-0.2, -0.15) is 0 Å². The summed E-state index contributed by atoms with van der Waals surface area (Å²) in [6.07, 6.45) is 5.57. The van der Waals surface area contributed by atoms with E-state index in [4.69, 9.17) is 5.11 Å². The van der Waals surface area contributed by atoms with E-state index in [2.05, 4.69) is 5.32 Å². The maximum Gasteiger partial charge on any atom is 0.311 e. The zero-order valence-corrected chi connectivity index (χ0v) is 10.7. The monoisotopic (exact) mass is 257 g/mol. The van der Waals surface area contributed by atoms with Crippen LogP contribution in [0.25, 0.3) is 0 Å². The summed E-state index contributed by atoms with van der Waals surface area (Å²) in [7, 11) is 0. The van der Waals surface area contributed by atoms with Crippen LogP contribution in [0.4, 0.5) is 0 Å². The van der Waals surface area contributed by atoms with Crippen molar-refractivity contribution in [1.82, 2.24) is 5.32 Å². The van der Waals surface area contributed by atoms with Crippen molar-refractivity contribution >= 4 is 23.6 Å². The molecule has 1 heterocycles. The third-order valence-electron chi connectivity index (χ3n) is 3.84. The molecule has 1 amide bonds. The number of rotatable bonds is 4. The normalized spacial score (nSPS) is 26.9. The molecule has 2 N–H and O–H groups in total. The zero-order chi connectivity index (χ0) is 12.3. The molecule has 0 bridgehead atoms. The Hall–Kier alpha value is -0.710. The van der Waals surface area contributed by atoms with Crippen LogP contribution >= 0.6 is 11.8 Å². The van der Waals surface area contributed by atoms with Crippen molar-refractivity contribution in [3.8, 4) is 0 Å². The minimum Gasteiger partial charge on any atom is -0.481 e. The number of carbonyl (C=O) groups excluding carboxylic acids is 1. The molecule has 1 unspecified atom stereocenters. The number of aliphatic carboxylic acids is 1. The van der Waals surface area contributed by atoms with E-state index in [1.807, 2.05) is 0 Å². The molecule has 0 aromatic heterocycles. The Labute approximate surface area is 106 Å². The van der Waals surface area contributed by atoms with Crippen LogP contribution in [-0.4, -0.2) is 34.5 Å². The number of carboxylic acids is 1. The number of thioether (sulfide) groups is 1. The zero-order valence-electron chi connectivity index (χ0n) is 9.91. The highest BCUT2D eigenvalue weighted by Crippen LogP contribution is 2.40. The number of carboxylic acid groups (broad SMARTS) is 1. The second-order valence-electron chi connectivity index (χ2n) is 5.01. The number of nitrogens with one attached hydrogen (secondary N) is 1. The van der Waals surface area contributed by atoms with Gasteiger partial charge in [0.05, 0.1) is 10.7 Å². The quantitative estimate of drug-likeness (QED) is 0.803. The van der Waals surface area contributed by atoms with E-state index in [1.165, 1.54) is 6.42 Å². The van der Waals surface area contributed by atoms with Crippen molar-refractivity contribution in [2.45, 2.75) is 43.8 Å². The molecule has 4 nitrogen and oxygen atoms in total. The maximum absolute atomic E-state index is 11.9. The molecular weight excluding hydrogens is 238 g/mol. The van der Waals surface area contributed by atoms with Gasteiger partial charge in [-0.05, 0) is 31.4 Å². The lowest BCUT2D eigenvalue weighted by molar-refractivity contribution is -0.154. The summed E-state index contributed by atoms with van der Waals surface area (Å²) in [5, 5.41) is 12.0. The van der Waals surface area contributed by atoms with Gasteiger partial charge in [0.15, 0.2) is 0 Å². The van der Waals surface area contributed by atoms with Crippen molar-refractivity contribution in [3.63, 3.8) is 0 Å². The van der Waals surface area contributed by atoms with Crippen molar-refractivity contribution in [2.24, 2.45) is 5.41 Å². The maximum atomic E-state index is 11.9. The van der Waals surface area contributed by atoms with Gasteiger partial charge in [-0.25, -0.2) is 0 Å². The van der Waals surface area contributed by atoms with E-state index in [9.17, 15) is 9.59 Å². The first kappa shape index (κ1) is 12.7. The highest BCUT2D eigenvalue weighted by atomic mass is 32.2. The van der Waals surface area contributed by atoms with Crippen LogP contribution in [0.15, 0.2) is 0 Å². The highest BCUT2D eigenvalue weighted by molar-refractivity contribution is 8.00. The summed E-state index contributed by atoms with van der Waals surface area (Å²) >= 11 is 1.70. The second-order valence-corrected chi connectivity index (χ2v) is 6.32. The third-order valence-corrected chi connectivity index (χ3v) is 5.21. The SMILES string of the molecule is O=C(NCC1(C(=O)O)CCC1)C1CCCCS1. The van der Waals surface area contributed by atoms with Crippen LogP contribution in [-0.2, 0) is 9.59 Å². The van der Waals surface area contributed by atoms with Crippen molar-refractivity contribution < 1.29 is 14.7 Å². The molecule has 1 aliphatic carbocycles. The first-order chi connectivity index (χ1) is 8.14. The average molecular weight is 257 g/mol. The molecule has 1 atom stereocenters. The molecule has 1 aliphatic heterocycles. The first-order valence-electron chi connectivity index (χ1n) is 6.27. The van der Waals surface area contributed by atoms with E-state index in [1.54, 1.807) is 11.8 Å². The predicted molar refractivity (Wildman–Crippen MR) is 67.0 cm³/mol. The lowest BCUT2D eigenvalue weighted by atomic mass is 9.69. The van der Waals surface area contributed by atoms with Gasteiger partial charge in [-0.15, -0.1) is 11.8 Å². The predicted octanol–water partition coefficient (Wildman–Crippen LogP) is 1.64. The van der Waals surface area contributed by atoms with Crippen molar-refractivity contribution in [3.05, 3.63) is 0 Å². The minimum atomic E-state index is -0.764. The molecule has 1 saturated heterocycles. The van der Waals surface area contributed by atoms with Crippen LogP contribution in [0.5, 0.6) is 0 Å². The first-order valence-corrected chi connectivity index (χ1v) is 7.32. The van der Waals surface area contributed by atoms with Crippen molar-refractivity contribution in [2.75, 3.05) is 12.3 Å². The molecule has 1 saturated carbocycles. The van der Waals surface area contributed by atoms with Crippen LogP contribution in [0.2, 0.25) is 0 Å². The van der Waals surface area contributed by atoms with Gasteiger partial charge in [-0.3, -0.25) is 9.59 Å². The van der Waals surface area contributed by atoms with Crippen molar-refractivity contribution in [1.29, 1.82) is 0 Å². The molecular formula is C12H19NO3S. The lowest BCUT2D eigenvalue weighted by Crippen LogP contribution is -2.49. The van der Waals surface area contributed by atoms with E-state index in [0.29, 0.717) is 19.4 Å². The van der Waals surface area contributed by atoms with E-state index in [0.717, 1.165) is 25.0 Å². The summed E-state index contributed by atoms with van der Waals surface area (Å²) in [4.78, 5) is 23.0. The lowest BCUT2D eigenvalue weighted by Gasteiger charge is -2.38. The van der Waals surface area contributed by atoms with Crippen LogP contribution in [0.3, 0.4) is 0 Å². The summed E-state index contributed by atoms with van der Waals surface area (Å²) in [5.41, 5.74) is -0.672. The summed E-state index contributed by atoms with van der Waals surface area (Å²) in [5.74, 6) is 0.310. The summed E-state index contributed by atoms with van der Waals surface area (Å²) < 4.78 is 0. The minimum absolute atomic E-state index is 0.0298. The van der Waals surface area contributed by atoms with Gasteiger partial charge in [0.25, 0.3) is 0 Å². The molecule has 96 valence electrons. The van der Waals surface area contributed by atoms with E-state index in [-0.39, 0.29) is 11.2 Å². The van der Waals surface area contributed by atoms with E-state index < -0.39 is 11.4 Å². The standard InChI is InChI=1S/C12H19NO3S/c14-10(9-4-1-2-7-17-9)13-8-12(11(15)16)5-3-6-12/h9H,1-8H2,(H,13,14)(H,15,16).